The largest absolute Gasteiger partial charge is 0.440 e. The Bertz CT molecular complexity index is 704. The van der Waals surface area contributed by atoms with E-state index in [0.717, 1.165) is 29.2 Å². The van der Waals surface area contributed by atoms with Gasteiger partial charge in [-0.1, -0.05) is 13.8 Å². The van der Waals surface area contributed by atoms with Gasteiger partial charge in [0.05, 0.1) is 0 Å². The lowest BCUT2D eigenvalue weighted by atomic mass is 10.2. The molecular formula is C16H17N3O. The third-order valence-corrected chi connectivity index (χ3v) is 3.14. The van der Waals surface area contributed by atoms with Gasteiger partial charge in [-0.3, -0.25) is 4.98 Å². The minimum Gasteiger partial charge on any atom is -0.440 e. The lowest BCUT2D eigenvalue weighted by molar-refractivity contribution is 0.501. The topological polar surface area (TPSA) is 51.0 Å². The van der Waals surface area contributed by atoms with Crippen LogP contribution < -0.4 is 5.32 Å². The second kappa shape index (κ2) is 5.33. The van der Waals surface area contributed by atoms with Crippen molar-refractivity contribution in [3.05, 3.63) is 54.2 Å². The van der Waals surface area contributed by atoms with Crippen molar-refractivity contribution >= 4 is 16.8 Å². The molecule has 1 aromatic carbocycles. The van der Waals surface area contributed by atoms with Gasteiger partial charge in [0, 0.05) is 30.5 Å². The van der Waals surface area contributed by atoms with Crippen molar-refractivity contribution in [1.29, 1.82) is 0 Å². The average molecular weight is 267 g/mol. The minimum absolute atomic E-state index is 0.302. The number of aromatic nitrogens is 2. The predicted molar refractivity (Wildman–Crippen MR) is 79.7 cm³/mol. The fourth-order valence-corrected chi connectivity index (χ4v) is 2.01. The van der Waals surface area contributed by atoms with Gasteiger partial charge in [0.25, 0.3) is 0 Å². The number of anilines is 1. The summed E-state index contributed by atoms with van der Waals surface area (Å²) in [4.78, 5) is 8.52. The standard InChI is InChI=1S/C16H17N3O/c1-11(2)16-19-14-9-13(3-4-15(14)20-16)18-10-12-5-7-17-8-6-12/h3-9,11,18H,10H2,1-2H3. The summed E-state index contributed by atoms with van der Waals surface area (Å²) in [7, 11) is 0. The van der Waals surface area contributed by atoms with Crippen LogP contribution in [0, 0.1) is 0 Å². The number of nitrogens with one attached hydrogen (secondary N) is 1. The van der Waals surface area contributed by atoms with Gasteiger partial charge in [0.15, 0.2) is 11.5 Å². The zero-order valence-corrected chi connectivity index (χ0v) is 11.6. The molecule has 0 spiro atoms. The zero-order chi connectivity index (χ0) is 13.9. The number of pyridine rings is 1. The molecule has 20 heavy (non-hydrogen) atoms. The molecule has 4 nitrogen and oxygen atoms in total. The molecule has 0 saturated carbocycles. The molecule has 0 atom stereocenters. The van der Waals surface area contributed by atoms with Crippen LogP contribution in [0.4, 0.5) is 5.69 Å². The van der Waals surface area contributed by atoms with Crippen LogP contribution >= 0.6 is 0 Å². The maximum atomic E-state index is 5.70. The summed E-state index contributed by atoms with van der Waals surface area (Å²) in [5.74, 6) is 1.09. The third-order valence-electron chi connectivity index (χ3n) is 3.14. The van der Waals surface area contributed by atoms with Crippen LogP contribution in [0.15, 0.2) is 47.1 Å². The van der Waals surface area contributed by atoms with Gasteiger partial charge < -0.3 is 9.73 Å². The highest BCUT2D eigenvalue weighted by molar-refractivity contribution is 5.77. The van der Waals surface area contributed by atoms with Crippen LogP contribution in [0.25, 0.3) is 11.1 Å². The molecule has 0 aliphatic rings. The second-order valence-corrected chi connectivity index (χ2v) is 5.10. The highest BCUT2D eigenvalue weighted by Crippen LogP contribution is 2.23. The van der Waals surface area contributed by atoms with E-state index in [1.807, 2.05) is 30.3 Å². The molecule has 2 heterocycles. The lowest BCUT2D eigenvalue weighted by Crippen LogP contribution is -1.98. The molecule has 0 aliphatic carbocycles. The van der Waals surface area contributed by atoms with E-state index in [1.165, 1.54) is 5.56 Å². The molecule has 0 saturated heterocycles. The molecule has 3 aromatic rings. The van der Waals surface area contributed by atoms with Crippen molar-refractivity contribution in [2.75, 3.05) is 5.32 Å². The van der Waals surface area contributed by atoms with Gasteiger partial charge in [-0.2, -0.15) is 0 Å². The first kappa shape index (κ1) is 12.7. The first-order valence-electron chi connectivity index (χ1n) is 6.75. The predicted octanol–water partition coefficient (Wildman–Crippen LogP) is 3.96. The van der Waals surface area contributed by atoms with E-state index in [2.05, 4.69) is 29.1 Å². The quantitative estimate of drug-likeness (QED) is 0.777. The van der Waals surface area contributed by atoms with Gasteiger partial charge in [-0.15, -0.1) is 0 Å². The Hall–Kier alpha value is -2.36. The van der Waals surface area contributed by atoms with Crippen LogP contribution in [-0.2, 0) is 6.54 Å². The molecular weight excluding hydrogens is 250 g/mol. The number of hydrogen-bond donors (Lipinski definition) is 1. The summed E-state index contributed by atoms with van der Waals surface area (Å²) in [6, 6.07) is 9.99. The van der Waals surface area contributed by atoms with Crippen LogP contribution in [0.3, 0.4) is 0 Å². The first-order valence-corrected chi connectivity index (χ1v) is 6.75. The van der Waals surface area contributed by atoms with Gasteiger partial charge in [0.1, 0.15) is 5.52 Å². The number of nitrogens with zero attached hydrogens (tertiary/aromatic N) is 2. The van der Waals surface area contributed by atoms with Crippen molar-refractivity contribution < 1.29 is 4.42 Å². The Morgan fingerprint density at radius 3 is 2.70 bits per heavy atom. The molecule has 0 unspecified atom stereocenters. The summed E-state index contributed by atoms with van der Waals surface area (Å²) in [5.41, 5.74) is 3.97. The van der Waals surface area contributed by atoms with Gasteiger partial charge in [-0.05, 0) is 35.9 Å². The summed E-state index contributed by atoms with van der Waals surface area (Å²) in [6.07, 6.45) is 3.60. The Balaban J connectivity index is 1.78. The maximum absolute atomic E-state index is 5.70. The fraction of sp³-hybridized carbons (Fsp3) is 0.250. The van der Waals surface area contributed by atoms with Crippen molar-refractivity contribution in [2.45, 2.75) is 26.3 Å². The Kier molecular flexibility index (Phi) is 3.37. The number of hydrogen-bond acceptors (Lipinski definition) is 4. The smallest absolute Gasteiger partial charge is 0.198 e. The molecule has 0 fully saturated rings. The molecule has 0 aliphatic heterocycles. The minimum atomic E-state index is 0.302. The lowest BCUT2D eigenvalue weighted by Gasteiger charge is -2.05. The summed E-state index contributed by atoms with van der Waals surface area (Å²) in [6.45, 7) is 4.92. The fourth-order valence-electron chi connectivity index (χ4n) is 2.01. The molecule has 4 heteroatoms. The van der Waals surface area contributed by atoms with Gasteiger partial charge in [0.2, 0.25) is 0 Å². The van der Waals surface area contributed by atoms with Crippen LogP contribution in [0.1, 0.15) is 31.2 Å². The van der Waals surface area contributed by atoms with Crippen molar-refractivity contribution in [3.63, 3.8) is 0 Å². The number of oxazole rings is 1. The molecule has 1 N–H and O–H groups in total. The van der Waals surface area contributed by atoms with E-state index in [9.17, 15) is 0 Å². The van der Waals surface area contributed by atoms with E-state index in [-0.39, 0.29) is 0 Å². The summed E-state index contributed by atoms with van der Waals surface area (Å²) in [5, 5.41) is 3.38. The Morgan fingerprint density at radius 1 is 1.15 bits per heavy atom. The first-order chi connectivity index (χ1) is 9.72. The molecule has 3 rings (SSSR count). The summed E-state index contributed by atoms with van der Waals surface area (Å²) < 4.78 is 5.70. The second-order valence-electron chi connectivity index (χ2n) is 5.10. The summed E-state index contributed by atoms with van der Waals surface area (Å²) >= 11 is 0. The van der Waals surface area contributed by atoms with Crippen molar-refractivity contribution in [1.82, 2.24) is 9.97 Å². The van der Waals surface area contributed by atoms with E-state index in [0.29, 0.717) is 5.92 Å². The Morgan fingerprint density at radius 2 is 1.95 bits per heavy atom. The molecule has 0 radical (unpaired) electrons. The SMILES string of the molecule is CC(C)c1nc2cc(NCc3ccncc3)ccc2o1. The van der Waals surface area contributed by atoms with Gasteiger partial charge >= 0.3 is 0 Å². The number of rotatable bonds is 4. The molecule has 0 amide bonds. The molecule has 2 aromatic heterocycles. The van der Waals surface area contributed by atoms with E-state index in [1.54, 1.807) is 12.4 Å². The maximum Gasteiger partial charge on any atom is 0.198 e. The van der Waals surface area contributed by atoms with Crippen LogP contribution in [0.5, 0.6) is 0 Å². The molecule has 102 valence electrons. The number of benzene rings is 1. The van der Waals surface area contributed by atoms with E-state index >= 15 is 0 Å². The third kappa shape index (κ3) is 2.64. The highest BCUT2D eigenvalue weighted by atomic mass is 16.3. The monoisotopic (exact) mass is 267 g/mol. The zero-order valence-electron chi connectivity index (χ0n) is 11.6. The number of fused-ring (bicyclic) bond motifs is 1. The molecule has 0 bridgehead atoms. The Labute approximate surface area is 117 Å². The van der Waals surface area contributed by atoms with E-state index in [4.69, 9.17) is 4.42 Å². The van der Waals surface area contributed by atoms with Crippen molar-refractivity contribution in [2.24, 2.45) is 0 Å². The van der Waals surface area contributed by atoms with Crippen LogP contribution in [0.2, 0.25) is 0 Å². The van der Waals surface area contributed by atoms with Gasteiger partial charge in [-0.25, -0.2) is 4.98 Å². The van der Waals surface area contributed by atoms with E-state index < -0.39 is 0 Å². The highest BCUT2D eigenvalue weighted by Gasteiger charge is 2.09. The van der Waals surface area contributed by atoms with Crippen molar-refractivity contribution in [3.8, 4) is 0 Å². The normalized spacial score (nSPS) is 11.2. The van der Waals surface area contributed by atoms with Crippen LogP contribution in [-0.4, -0.2) is 9.97 Å². The average Bonchev–Trinajstić information content (AvgIpc) is 2.89.